The van der Waals surface area contributed by atoms with Crippen molar-refractivity contribution in [3.8, 4) is 0 Å². The van der Waals surface area contributed by atoms with Crippen LogP contribution in [0.25, 0.3) is 0 Å². The van der Waals surface area contributed by atoms with Gasteiger partial charge in [0, 0.05) is 39.3 Å². The molecule has 3 rings (SSSR count). The summed E-state index contributed by atoms with van der Waals surface area (Å²) in [6.07, 6.45) is 3.76. The van der Waals surface area contributed by atoms with Gasteiger partial charge in [-0.2, -0.15) is 0 Å². The number of carbonyl (C=O) groups excluding carboxylic acids is 2. The molecule has 0 spiro atoms. The predicted octanol–water partition coefficient (Wildman–Crippen LogP) is 1.52. The molecule has 2 N–H and O–H groups in total. The molecular weight excluding hydrogens is 384 g/mol. The lowest BCUT2D eigenvalue weighted by atomic mass is 9.97. The highest BCUT2D eigenvalue weighted by Crippen LogP contribution is 2.18. The van der Waals surface area contributed by atoms with E-state index in [4.69, 9.17) is 9.90 Å². The first-order chi connectivity index (χ1) is 14.5. The van der Waals surface area contributed by atoms with Gasteiger partial charge in [0.15, 0.2) is 0 Å². The van der Waals surface area contributed by atoms with E-state index in [0.717, 1.165) is 45.3 Å². The lowest BCUT2D eigenvalue weighted by Crippen LogP contribution is -2.46. The van der Waals surface area contributed by atoms with Crippen LogP contribution in [0.4, 0.5) is 4.79 Å². The average Bonchev–Trinajstić information content (AvgIpc) is 3.01. The van der Waals surface area contributed by atoms with Crippen LogP contribution in [0.3, 0.4) is 0 Å². The second kappa shape index (κ2) is 12.8. The van der Waals surface area contributed by atoms with Crippen LogP contribution in [-0.4, -0.2) is 91.1 Å². The first-order valence-corrected chi connectivity index (χ1v) is 10.7. The zero-order valence-corrected chi connectivity index (χ0v) is 17.8. The predicted molar refractivity (Wildman–Crippen MR) is 115 cm³/mol. The highest BCUT2D eigenvalue weighted by atomic mass is 16.3. The van der Waals surface area contributed by atoms with Crippen LogP contribution in [-0.2, 0) is 16.0 Å². The van der Waals surface area contributed by atoms with Gasteiger partial charge in [0.2, 0.25) is 5.91 Å². The molecule has 2 aliphatic heterocycles. The van der Waals surface area contributed by atoms with Crippen LogP contribution < -0.4 is 5.32 Å². The standard InChI is InChI=1S/C21H32N4O2.CH2O2/c1-23-12-5-9-19(17-23)20(26)24-13-6-14-25(16-15-24)21(27)22-11-10-18-7-3-2-4-8-18;2-1-3/h2-4,7-8,19H,5-6,9-17H2,1H3,(H,22,27);1H,(H,2,3). The number of hydrogen-bond acceptors (Lipinski definition) is 4. The number of benzene rings is 1. The maximum absolute atomic E-state index is 12.8. The summed E-state index contributed by atoms with van der Waals surface area (Å²) in [5, 5.41) is 9.91. The number of hydrogen-bond donors (Lipinski definition) is 2. The lowest BCUT2D eigenvalue weighted by molar-refractivity contribution is -0.137. The molecule has 2 aliphatic rings. The third kappa shape index (κ3) is 7.67. The number of carboxylic acid groups (broad SMARTS) is 1. The highest BCUT2D eigenvalue weighted by molar-refractivity contribution is 5.79. The Hall–Kier alpha value is -2.61. The number of nitrogens with one attached hydrogen (secondary N) is 1. The van der Waals surface area contributed by atoms with Gasteiger partial charge in [-0.3, -0.25) is 9.59 Å². The van der Waals surface area contributed by atoms with E-state index in [-0.39, 0.29) is 24.3 Å². The van der Waals surface area contributed by atoms with Crippen molar-refractivity contribution < 1.29 is 19.5 Å². The van der Waals surface area contributed by atoms with Crippen LogP contribution in [0.2, 0.25) is 0 Å². The lowest BCUT2D eigenvalue weighted by Gasteiger charge is -2.32. The monoisotopic (exact) mass is 418 g/mol. The van der Waals surface area contributed by atoms with Crippen LogP contribution in [0.15, 0.2) is 30.3 Å². The normalized spacial score (nSPS) is 19.8. The van der Waals surface area contributed by atoms with Crippen LogP contribution in [0.1, 0.15) is 24.8 Å². The summed E-state index contributed by atoms with van der Waals surface area (Å²) >= 11 is 0. The summed E-state index contributed by atoms with van der Waals surface area (Å²) in [5.41, 5.74) is 1.22. The van der Waals surface area contributed by atoms with Gasteiger partial charge in [-0.05, 0) is 44.8 Å². The number of urea groups is 1. The van der Waals surface area contributed by atoms with Crippen molar-refractivity contribution >= 4 is 18.4 Å². The summed E-state index contributed by atoms with van der Waals surface area (Å²) in [4.78, 5) is 39.7. The van der Waals surface area contributed by atoms with Crippen LogP contribution >= 0.6 is 0 Å². The minimum absolute atomic E-state index is 0.0161. The molecule has 0 aromatic heterocycles. The Morgan fingerprint density at radius 2 is 1.73 bits per heavy atom. The second-order valence-electron chi connectivity index (χ2n) is 7.84. The zero-order valence-electron chi connectivity index (χ0n) is 17.8. The molecule has 1 aromatic rings. The molecule has 1 aromatic carbocycles. The number of nitrogens with zero attached hydrogens (tertiary/aromatic N) is 3. The van der Waals surface area contributed by atoms with Crippen molar-refractivity contribution in [3.63, 3.8) is 0 Å². The molecule has 2 saturated heterocycles. The quantitative estimate of drug-likeness (QED) is 0.723. The highest BCUT2D eigenvalue weighted by Gasteiger charge is 2.29. The molecule has 0 saturated carbocycles. The Morgan fingerprint density at radius 1 is 1.07 bits per heavy atom. The van der Waals surface area contributed by atoms with Crippen molar-refractivity contribution in [1.82, 2.24) is 20.0 Å². The van der Waals surface area contributed by atoms with E-state index in [1.807, 2.05) is 28.0 Å². The Bertz CT molecular complexity index is 670. The molecule has 0 radical (unpaired) electrons. The van der Waals surface area contributed by atoms with Gasteiger partial charge < -0.3 is 25.1 Å². The molecule has 30 heavy (non-hydrogen) atoms. The van der Waals surface area contributed by atoms with E-state index in [9.17, 15) is 9.59 Å². The van der Waals surface area contributed by atoms with E-state index >= 15 is 0 Å². The molecule has 0 aliphatic carbocycles. The van der Waals surface area contributed by atoms with E-state index < -0.39 is 0 Å². The summed E-state index contributed by atoms with van der Waals surface area (Å²) in [5.74, 6) is 0.392. The largest absolute Gasteiger partial charge is 0.483 e. The summed E-state index contributed by atoms with van der Waals surface area (Å²) in [6.45, 7) is 5.06. The van der Waals surface area contributed by atoms with Crippen molar-refractivity contribution in [2.75, 3.05) is 52.9 Å². The molecule has 0 bridgehead atoms. The summed E-state index contributed by atoms with van der Waals surface area (Å²) in [7, 11) is 2.09. The third-order valence-corrected chi connectivity index (χ3v) is 5.60. The Morgan fingerprint density at radius 3 is 2.43 bits per heavy atom. The summed E-state index contributed by atoms with van der Waals surface area (Å²) < 4.78 is 0. The van der Waals surface area contributed by atoms with Crippen molar-refractivity contribution in [3.05, 3.63) is 35.9 Å². The maximum atomic E-state index is 12.8. The molecule has 8 heteroatoms. The first-order valence-electron chi connectivity index (χ1n) is 10.7. The van der Waals surface area contributed by atoms with Crippen molar-refractivity contribution in [2.45, 2.75) is 25.7 Å². The fraction of sp³-hybridized carbons (Fsp3) is 0.591. The van der Waals surface area contributed by atoms with E-state index in [1.165, 1.54) is 5.56 Å². The zero-order chi connectivity index (χ0) is 21.8. The van der Waals surface area contributed by atoms with E-state index in [1.54, 1.807) is 0 Å². The molecule has 2 heterocycles. The smallest absolute Gasteiger partial charge is 0.317 e. The average molecular weight is 419 g/mol. The van der Waals surface area contributed by atoms with Gasteiger partial charge in [0.1, 0.15) is 0 Å². The van der Waals surface area contributed by atoms with Crippen molar-refractivity contribution in [1.29, 1.82) is 0 Å². The number of likely N-dealkylation sites (tertiary alicyclic amines) is 1. The summed E-state index contributed by atoms with van der Waals surface area (Å²) in [6, 6.07) is 10.2. The van der Waals surface area contributed by atoms with Gasteiger partial charge in [0.05, 0.1) is 5.92 Å². The molecule has 1 unspecified atom stereocenters. The van der Waals surface area contributed by atoms with Gasteiger partial charge in [0.25, 0.3) is 6.47 Å². The number of amides is 3. The molecule has 1 atom stereocenters. The fourth-order valence-electron chi connectivity index (χ4n) is 4.04. The topological polar surface area (TPSA) is 93.2 Å². The van der Waals surface area contributed by atoms with Crippen LogP contribution in [0.5, 0.6) is 0 Å². The number of rotatable bonds is 4. The minimum Gasteiger partial charge on any atom is -0.483 e. The molecule has 2 fully saturated rings. The first kappa shape index (κ1) is 23.7. The minimum atomic E-state index is -0.250. The van der Waals surface area contributed by atoms with Gasteiger partial charge in [-0.25, -0.2) is 4.79 Å². The van der Waals surface area contributed by atoms with Gasteiger partial charge in [-0.15, -0.1) is 0 Å². The van der Waals surface area contributed by atoms with E-state index in [2.05, 4.69) is 29.4 Å². The number of carbonyl (C=O) groups is 3. The molecule has 166 valence electrons. The van der Waals surface area contributed by atoms with Crippen LogP contribution in [0, 0.1) is 5.92 Å². The van der Waals surface area contributed by atoms with Crippen molar-refractivity contribution in [2.24, 2.45) is 5.92 Å². The molecule has 8 nitrogen and oxygen atoms in total. The maximum Gasteiger partial charge on any atom is 0.317 e. The molecule has 3 amide bonds. The second-order valence-corrected chi connectivity index (χ2v) is 7.84. The third-order valence-electron chi connectivity index (χ3n) is 5.60. The van der Waals surface area contributed by atoms with Gasteiger partial charge in [-0.1, -0.05) is 30.3 Å². The Kier molecular flexibility index (Phi) is 10.1. The van der Waals surface area contributed by atoms with E-state index in [0.29, 0.717) is 26.2 Å². The molecular formula is C22H34N4O4. The van der Waals surface area contributed by atoms with Gasteiger partial charge >= 0.3 is 6.03 Å². The number of piperidine rings is 1. The fourth-order valence-corrected chi connectivity index (χ4v) is 4.04. The Labute approximate surface area is 178 Å². The SMILES string of the molecule is CN1CCCC(C(=O)N2CCCN(C(=O)NCCc3ccccc3)CC2)C1.O=CO. The Balaban J connectivity index is 0.00000101.